The summed E-state index contributed by atoms with van der Waals surface area (Å²) in [5.74, 6) is -2.01. The molecule has 0 fully saturated rings. The number of thiophene rings is 1. The number of halogens is 2. The average molecular weight is 281 g/mol. The molecule has 19 heavy (non-hydrogen) atoms. The second-order valence-corrected chi connectivity index (χ2v) is 5.22. The van der Waals surface area contributed by atoms with Crippen LogP contribution < -0.4 is 5.32 Å². The minimum atomic E-state index is -0.911. The molecule has 1 amide bonds. The van der Waals surface area contributed by atoms with E-state index in [1.54, 1.807) is 6.92 Å². The zero-order valence-corrected chi connectivity index (χ0v) is 11.4. The van der Waals surface area contributed by atoms with Gasteiger partial charge in [0.2, 0.25) is 0 Å². The van der Waals surface area contributed by atoms with Crippen molar-refractivity contribution in [2.45, 2.75) is 19.9 Å². The highest BCUT2D eigenvalue weighted by atomic mass is 32.1. The topological polar surface area (TPSA) is 29.1 Å². The Kier molecular flexibility index (Phi) is 3.95. The van der Waals surface area contributed by atoms with Gasteiger partial charge in [-0.1, -0.05) is 6.07 Å². The molecule has 2 aromatic rings. The molecule has 1 heterocycles. The van der Waals surface area contributed by atoms with Crippen LogP contribution in [0.25, 0.3) is 0 Å². The van der Waals surface area contributed by atoms with Gasteiger partial charge in [-0.15, -0.1) is 11.3 Å². The predicted molar refractivity (Wildman–Crippen MR) is 71.3 cm³/mol. The van der Waals surface area contributed by atoms with E-state index < -0.39 is 11.6 Å². The Hall–Kier alpha value is -1.75. The van der Waals surface area contributed by atoms with Crippen molar-refractivity contribution in [3.63, 3.8) is 0 Å². The van der Waals surface area contributed by atoms with E-state index in [1.807, 2.05) is 18.4 Å². The van der Waals surface area contributed by atoms with E-state index in [0.29, 0.717) is 10.4 Å². The fourth-order valence-electron chi connectivity index (χ4n) is 1.73. The van der Waals surface area contributed by atoms with Crippen LogP contribution in [0.15, 0.2) is 29.6 Å². The van der Waals surface area contributed by atoms with Gasteiger partial charge >= 0.3 is 0 Å². The Morgan fingerprint density at radius 2 is 2.00 bits per heavy atom. The van der Waals surface area contributed by atoms with Crippen molar-refractivity contribution >= 4 is 17.2 Å². The standard InChI is InChI=1S/C14H13F2NOS/c1-8-5-6-19-13(8)14(18)17-9(2)10-3-4-11(15)12(16)7-10/h3-7,9H,1-2H3,(H,17,18)/t9-/m0/s1. The SMILES string of the molecule is Cc1ccsc1C(=O)N[C@@H](C)c1ccc(F)c(F)c1. The van der Waals surface area contributed by atoms with Crippen molar-refractivity contribution in [2.75, 3.05) is 0 Å². The monoisotopic (exact) mass is 281 g/mol. The fourth-order valence-corrected chi connectivity index (χ4v) is 2.56. The van der Waals surface area contributed by atoms with E-state index in [0.717, 1.165) is 17.7 Å². The molecular weight excluding hydrogens is 268 g/mol. The lowest BCUT2D eigenvalue weighted by Gasteiger charge is -2.14. The molecule has 1 atom stereocenters. The van der Waals surface area contributed by atoms with E-state index in [9.17, 15) is 13.6 Å². The highest BCUT2D eigenvalue weighted by Crippen LogP contribution is 2.19. The fraction of sp³-hybridized carbons (Fsp3) is 0.214. The maximum absolute atomic E-state index is 13.1. The van der Waals surface area contributed by atoms with Gasteiger partial charge in [0.1, 0.15) is 0 Å². The van der Waals surface area contributed by atoms with E-state index in [2.05, 4.69) is 5.32 Å². The van der Waals surface area contributed by atoms with E-state index >= 15 is 0 Å². The Morgan fingerprint density at radius 3 is 2.58 bits per heavy atom. The second-order valence-electron chi connectivity index (χ2n) is 4.30. The highest BCUT2D eigenvalue weighted by Gasteiger charge is 2.15. The van der Waals surface area contributed by atoms with Gasteiger partial charge in [-0.3, -0.25) is 4.79 Å². The third-order valence-corrected chi connectivity index (χ3v) is 3.87. The summed E-state index contributed by atoms with van der Waals surface area (Å²) in [6.07, 6.45) is 0. The quantitative estimate of drug-likeness (QED) is 0.910. The number of nitrogens with one attached hydrogen (secondary N) is 1. The van der Waals surface area contributed by atoms with Crippen LogP contribution in [-0.2, 0) is 0 Å². The van der Waals surface area contributed by atoms with Crippen molar-refractivity contribution in [3.8, 4) is 0 Å². The lowest BCUT2D eigenvalue weighted by Crippen LogP contribution is -2.26. The minimum Gasteiger partial charge on any atom is -0.345 e. The number of amides is 1. The molecule has 0 radical (unpaired) electrons. The van der Waals surface area contributed by atoms with Crippen molar-refractivity contribution in [2.24, 2.45) is 0 Å². The summed E-state index contributed by atoms with van der Waals surface area (Å²) in [6.45, 7) is 3.58. The summed E-state index contributed by atoms with van der Waals surface area (Å²) >= 11 is 1.35. The van der Waals surface area contributed by atoms with Crippen LogP contribution in [0, 0.1) is 18.6 Å². The zero-order valence-electron chi connectivity index (χ0n) is 10.5. The van der Waals surface area contributed by atoms with Crippen LogP contribution in [0.2, 0.25) is 0 Å². The Morgan fingerprint density at radius 1 is 1.26 bits per heavy atom. The van der Waals surface area contributed by atoms with Crippen LogP contribution in [-0.4, -0.2) is 5.91 Å². The van der Waals surface area contributed by atoms with Gasteiger partial charge in [0.15, 0.2) is 11.6 Å². The first-order chi connectivity index (χ1) is 8.99. The average Bonchev–Trinajstić information content (AvgIpc) is 2.79. The number of carbonyl (C=O) groups is 1. The lowest BCUT2D eigenvalue weighted by molar-refractivity contribution is 0.0943. The van der Waals surface area contributed by atoms with Crippen LogP contribution in [0.5, 0.6) is 0 Å². The van der Waals surface area contributed by atoms with E-state index in [1.165, 1.54) is 17.4 Å². The van der Waals surface area contributed by atoms with Crippen molar-refractivity contribution < 1.29 is 13.6 Å². The molecule has 100 valence electrons. The largest absolute Gasteiger partial charge is 0.345 e. The third-order valence-electron chi connectivity index (χ3n) is 2.86. The number of benzene rings is 1. The van der Waals surface area contributed by atoms with E-state index in [-0.39, 0.29) is 11.9 Å². The number of hydrogen-bond donors (Lipinski definition) is 1. The first-order valence-corrected chi connectivity index (χ1v) is 6.67. The van der Waals surface area contributed by atoms with Gasteiger partial charge in [-0.25, -0.2) is 8.78 Å². The van der Waals surface area contributed by atoms with E-state index in [4.69, 9.17) is 0 Å². The first kappa shape index (κ1) is 13.7. The van der Waals surface area contributed by atoms with Gasteiger partial charge in [0.25, 0.3) is 5.91 Å². The second kappa shape index (κ2) is 5.48. The number of carbonyl (C=O) groups excluding carboxylic acids is 1. The molecule has 0 bridgehead atoms. The minimum absolute atomic E-state index is 0.204. The van der Waals surface area contributed by atoms with Gasteiger partial charge in [-0.2, -0.15) is 0 Å². The van der Waals surface area contributed by atoms with Crippen LogP contribution >= 0.6 is 11.3 Å². The summed E-state index contributed by atoms with van der Waals surface area (Å²) in [7, 11) is 0. The summed E-state index contributed by atoms with van der Waals surface area (Å²) < 4.78 is 26.0. The normalized spacial score (nSPS) is 12.2. The highest BCUT2D eigenvalue weighted by molar-refractivity contribution is 7.12. The molecule has 0 unspecified atom stereocenters. The molecule has 0 aliphatic carbocycles. The lowest BCUT2D eigenvalue weighted by atomic mass is 10.1. The molecule has 0 aliphatic rings. The van der Waals surface area contributed by atoms with Crippen molar-refractivity contribution in [3.05, 3.63) is 57.3 Å². The molecule has 1 aromatic carbocycles. The van der Waals surface area contributed by atoms with Gasteiger partial charge in [0, 0.05) is 0 Å². The molecule has 1 N–H and O–H groups in total. The molecule has 2 nitrogen and oxygen atoms in total. The maximum Gasteiger partial charge on any atom is 0.262 e. The summed E-state index contributed by atoms with van der Waals surface area (Å²) in [6, 6.07) is 5.10. The molecular formula is C14H13F2NOS. The number of hydrogen-bond acceptors (Lipinski definition) is 2. The van der Waals surface area contributed by atoms with Crippen molar-refractivity contribution in [1.29, 1.82) is 0 Å². The summed E-state index contributed by atoms with van der Waals surface area (Å²) in [5.41, 5.74) is 1.43. The van der Waals surface area contributed by atoms with Gasteiger partial charge < -0.3 is 5.32 Å². The Bertz CT molecular complexity index is 609. The molecule has 0 aliphatic heterocycles. The van der Waals surface area contributed by atoms with Gasteiger partial charge in [-0.05, 0) is 48.6 Å². The molecule has 2 rings (SSSR count). The van der Waals surface area contributed by atoms with Gasteiger partial charge in [0.05, 0.1) is 10.9 Å². The van der Waals surface area contributed by atoms with Crippen LogP contribution in [0.4, 0.5) is 8.78 Å². The van der Waals surface area contributed by atoms with Crippen molar-refractivity contribution in [1.82, 2.24) is 5.32 Å². The Balaban J connectivity index is 2.13. The first-order valence-electron chi connectivity index (χ1n) is 5.79. The number of aryl methyl sites for hydroxylation is 1. The zero-order chi connectivity index (χ0) is 14.0. The third kappa shape index (κ3) is 2.98. The van der Waals surface area contributed by atoms with Crippen LogP contribution in [0.3, 0.4) is 0 Å². The summed E-state index contributed by atoms with van der Waals surface area (Å²) in [4.78, 5) is 12.6. The van der Waals surface area contributed by atoms with Crippen LogP contribution in [0.1, 0.15) is 33.8 Å². The molecule has 5 heteroatoms. The predicted octanol–water partition coefficient (Wildman–Crippen LogP) is 3.83. The molecule has 1 aromatic heterocycles. The smallest absolute Gasteiger partial charge is 0.262 e. The Labute approximate surface area is 114 Å². The molecule has 0 spiro atoms. The number of rotatable bonds is 3. The molecule has 0 saturated heterocycles. The molecule has 0 saturated carbocycles. The maximum atomic E-state index is 13.1. The summed E-state index contributed by atoms with van der Waals surface area (Å²) in [5, 5.41) is 4.61.